The average molecular weight is 490 g/mol. The van der Waals surface area contributed by atoms with Crippen molar-refractivity contribution in [2.45, 2.75) is 40.3 Å². The van der Waals surface area contributed by atoms with Gasteiger partial charge in [-0.1, -0.05) is 42.4 Å². The Balaban J connectivity index is 1.45. The van der Waals surface area contributed by atoms with Crippen LogP contribution in [0.5, 0.6) is 0 Å². The second-order valence-electron chi connectivity index (χ2n) is 9.20. The number of hydrogen-bond acceptors (Lipinski definition) is 8. The van der Waals surface area contributed by atoms with E-state index in [1.54, 1.807) is 6.92 Å². The number of nitrogens with zero attached hydrogens (tertiary/aromatic N) is 6. The Morgan fingerprint density at radius 3 is 2.53 bits per heavy atom. The minimum absolute atomic E-state index is 0.0629. The van der Waals surface area contributed by atoms with Gasteiger partial charge in [0, 0.05) is 62.9 Å². The maximum Gasteiger partial charge on any atom is 0.273 e. The molecule has 2 amide bonds. The first-order valence-electron chi connectivity index (χ1n) is 12.4. The van der Waals surface area contributed by atoms with Crippen molar-refractivity contribution in [3.8, 4) is 11.3 Å². The van der Waals surface area contributed by atoms with Gasteiger partial charge in [0.1, 0.15) is 23.0 Å². The first-order chi connectivity index (χ1) is 17.5. The average Bonchev–Trinajstić information content (AvgIpc) is 3.42. The van der Waals surface area contributed by atoms with Crippen LogP contribution in [-0.2, 0) is 17.9 Å². The van der Waals surface area contributed by atoms with Crippen molar-refractivity contribution in [2.75, 3.05) is 42.9 Å². The van der Waals surface area contributed by atoms with E-state index in [1.807, 2.05) is 52.0 Å². The summed E-state index contributed by atoms with van der Waals surface area (Å²) in [5.41, 5.74) is 3.98. The van der Waals surface area contributed by atoms with Crippen LogP contribution in [0, 0.1) is 6.92 Å². The molecule has 4 heterocycles. The molecular formula is C26H31N7O3. The lowest BCUT2D eigenvalue weighted by Gasteiger charge is -2.34. The lowest BCUT2D eigenvalue weighted by molar-refractivity contribution is -0.129. The van der Waals surface area contributed by atoms with E-state index in [9.17, 15) is 9.59 Å². The zero-order chi connectivity index (χ0) is 25.2. The molecule has 0 saturated carbocycles. The molecule has 0 bridgehead atoms. The predicted molar refractivity (Wildman–Crippen MR) is 136 cm³/mol. The number of fused-ring (bicyclic) bond motifs is 1. The lowest BCUT2D eigenvalue weighted by atomic mass is 10.1. The number of hydrogen-bond donors (Lipinski definition) is 1. The van der Waals surface area contributed by atoms with Crippen molar-refractivity contribution in [2.24, 2.45) is 0 Å². The van der Waals surface area contributed by atoms with Crippen LogP contribution in [0.1, 0.15) is 47.6 Å². The first kappa shape index (κ1) is 23.8. The molecule has 1 saturated heterocycles. The van der Waals surface area contributed by atoms with Crippen LogP contribution >= 0.6 is 0 Å². The Bertz CT molecular complexity index is 1270. The second kappa shape index (κ2) is 9.96. The third kappa shape index (κ3) is 4.50. The van der Waals surface area contributed by atoms with Crippen molar-refractivity contribution >= 4 is 23.6 Å². The molecule has 2 aliphatic rings. The molecule has 36 heavy (non-hydrogen) atoms. The first-order valence-corrected chi connectivity index (χ1v) is 12.4. The lowest BCUT2D eigenvalue weighted by Crippen LogP contribution is -2.48. The summed E-state index contributed by atoms with van der Waals surface area (Å²) in [6.07, 6.45) is 0.871. The smallest absolute Gasteiger partial charge is 0.273 e. The van der Waals surface area contributed by atoms with E-state index in [1.165, 1.54) is 0 Å². The Morgan fingerprint density at radius 2 is 1.83 bits per heavy atom. The fourth-order valence-electron chi connectivity index (χ4n) is 4.77. The third-order valence-electron chi connectivity index (χ3n) is 6.80. The van der Waals surface area contributed by atoms with E-state index in [0.717, 1.165) is 34.6 Å². The van der Waals surface area contributed by atoms with Gasteiger partial charge in [-0.15, -0.1) is 0 Å². The predicted octanol–water partition coefficient (Wildman–Crippen LogP) is 3.09. The zero-order valence-electron chi connectivity index (χ0n) is 21.0. The normalized spacial score (nSPS) is 15.4. The highest BCUT2D eigenvalue weighted by Gasteiger charge is 2.33. The number of rotatable bonds is 7. The molecule has 1 aromatic carbocycles. The molecule has 10 nitrogen and oxygen atoms in total. The largest absolute Gasteiger partial charge is 0.365 e. The molecule has 1 fully saturated rings. The van der Waals surface area contributed by atoms with Gasteiger partial charge in [-0.2, -0.15) is 4.98 Å². The van der Waals surface area contributed by atoms with Crippen LogP contribution in [0.3, 0.4) is 0 Å². The van der Waals surface area contributed by atoms with Crippen molar-refractivity contribution in [3.63, 3.8) is 0 Å². The number of benzene rings is 1. The van der Waals surface area contributed by atoms with Crippen LogP contribution in [0.15, 0.2) is 34.9 Å². The Morgan fingerprint density at radius 1 is 1.08 bits per heavy atom. The van der Waals surface area contributed by atoms with Crippen molar-refractivity contribution < 1.29 is 14.1 Å². The summed E-state index contributed by atoms with van der Waals surface area (Å²) in [6, 6.07) is 9.92. The Hall–Kier alpha value is -3.95. The fraction of sp³-hybridized carbons (Fsp3) is 0.423. The number of piperazine rings is 1. The van der Waals surface area contributed by atoms with Gasteiger partial charge in [0.25, 0.3) is 5.91 Å². The maximum atomic E-state index is 13.2. The van der Waals surface area contributed by atoms with Crippen molar-refractivity contribution in [3.05, 3.63) is 52.9 Å². The van der Waals surface area contributed by atoms with E-state index in [0.29, 0.717) is 63.3 Å². The summed E-state index contributed by atoms with van der Waals surface area (Å²) in [5, 5.41) is 7.75. The standard InChI is InChI=1S/C26H31N7O3/c1-4-10-33-16-21-23(25(33)35)28-26(32-13-11-31(12-14-32)18(3)34)29-24(21)27-15-20-17(2)36-30-22(20)19-8-6-5-7-9-19/h5-9H,4,10-16H2,1-3H3,(H,27,28,29). The summed E-state index contributed by atoms with van der Waals surface area (Å²) in [5.74, 6) is 1.89. The number of aryl methyl sites for hydroxylation is 1. The third-order valence-corrected chi connectivity index (χ3v) is 6.80. The number of aromatic nitrogens is 3. The van der Waals surface area contributed by atoms with Gasteiger partial charge in [-0.05, 0) is 13.3 Å². The summed E-state index contributed by atoms with van der Waals surface area (Å²) < 4.78 is 5.52. The number of amides is 2. The van der Waals surface area contributed by atoms with E-state index in [-0.39, 0.29) is 11.8 Å². The zero-order valence-corrected chi connectivity index (χ0v) is 21.0. The number of carbonyl (C=O) groups excluding carboxylic acids is 2. The molecule has 2 aromatic heterocycles. The van der Waals surface area contributed by atoms with E-state index >= 15 is 0 Å². The Kier molecular flexibility index (Phi) is 6.58. The van der Waals surface area contributed by atoms with Gasteiger partial charge in [0.2, 0.25) is 11.9 Å². The van der Waals surface area contributed by atoms with Crippen LogP contribution in [0.25, 0.3) is 11.3 Å². The molecule has 0 radical (unpaired) electrons. The summed E-state index contributed by atoms with van der Waals surface area (Å²) in [4.78, 5) is 40.1. The highest BCUT2D eigenvalue weighted by molar-refractivity contribution is 5.98. The van der Waals surface area contributed by atoms with Crippen LogP contribution < -0.4 is 10.2 Å². The van der Waals surface area contributed by atoms with Gasteiger partial charge in [0.15, 0.2) is 0 Å². The molecular weight excluding hydrogens is 458 g/mol. The number of nitrogens with one attached hydrogen (secondary N) is 1. The van der Waals surface area contributed by atoms with Gasteiger partial charge in [0.05, 0.1) is 6.54 Å². The maximum absolute atomic E-state index is 13.2. The minimum Gasteiger partial charge on any atom is -0.365 e. The highest BCUT2D eigenvalue weighted by Crippen LogP contribution is 2.31. The molecule has 3 aromatic rings. The second-order valence-corrected chi connectivity index (χ2v) is 9.20. The minimum atomic E-state index is -0.0629. The van der Waals surface area contributed by atoms with Gasteiger partial charge in [-0.3, -0.25) is 9.59 Å². The van der Waals surface area contributed by atoms with Crippen molar-refractivity contribution in [1.29, 1.82) is 0 Å². The van der Waals surface area contributed by atoms with Gasteiger partial charge in [-0.25, -0.2) is 4.98 Å². The molecule has 2 aliphatic heterocycles. The molecule has 0 unspecified atom stereocenters. The van der Waals surface area contributed by atoms with Crippen molar-refractivity contribution in [1.82, 2.24) is 24.9 Å². The molecule has 0 atom stereocenters. The Labute approximate surface area is 210 Å². The summed E-state index contributed by atoms with van der Waals surface area (Å²) in [6.45, 7) is 9.59. The SMILES string of the molecule is CCCN1Cc2c(NCc3c(-c4ccccc4)noc3C)nc(N3CCN(C(C)=O)CC3)nc2C1=O. The number of carbonyl (C=O) groups is 2. The van der Waals surface area contributed by atoms with Gasteiger partial charge >= 0.3 is 0 Å². The monoisotopic (exact) mass is 489 g/mol. The molecule has 10 heteroatoms. The molecule has 1 N–H and O–H groups in total. The summed E-state index contributed by atoms with van der Waals surface area (Å²) >= 11 is 0. The molecule has 5 rings (SSSR count). The van der Waals surface area contributed by atoms with Gasteiger partial charge < -0.3 is 24.5 Å². The summed E-state index contributed by atoms with van der Waals surface area (Å²) in [7, 11) is 0. The molecule has 0 aliphatic carbocycles. The van der Waals surface area contributed by atoms with Crippen LogP contribution in [0.2, 0.25) is 0 Å². The highest BCUT2D eigenvalue weighted by atomic mass is 16.5. The van der Waals surface area contributed by atoms with Crippen LogP contribution in [-0.4, -0.2) is 69.5 Å². The van der Waals surface area contributed by atoms with E-state index < -0.39 is 0 Å². The van der Waals surface area contributed by atoms with Crippen LogP contribution in [0.4, 0.5) is 11.8 Å². The molecule has 188 valence electrons. The fourth-order valence-corrected chi connectivity index (χ4v) is 4.77. The van der Waals surface area contributed by atoms with E-state index in [2.05, 4.69) is 17.4 Å². The topological polar surface area (TPSA) is 108 Å². The number of anilines is 2. The van der Waals surface area contributed by atoms with E-state index in [4.69, 9.17) is 14.5 Å². The molecule has 0 spiro atoms. The quantitative estimate of drug-likeness (QED) is 0.540.